The molecule has 166 valence electrons. The van der Waals surface area contributed by atoms with E-state index in [0.29, 0.717) is 6.07 Å². The summed E-state index contributed by atoms with van der Waals surface area (Å²) in [7, 11) is 2.26. The average Bonchev–Trinajstić information content (AvgIpc) is 3.01. The summed E-state index contributed by atoms with van der Waals surface area (Å²) in [5.41, 5.74) is -2.41. The number of nitro groups is 1. The van der Waals surface area contributed by atoms with Crippen molar-refractivity contribution in [3.8, 4) is 0 Å². The lowest BCUT2D eigenvalue weighted by molar-refractivity contribution is -0.385. The lowest BCUT2D eigenvalue weighted by Gasteiger charge is -2.15. The van der Waals surface area contributed by atoms with Crippen LogP contribution >= 0.6 is 23.6 Å². The van der Waals surface area contributed by atoms with Crippen LogP contribution in [-0.4, -0.2) is 36.2 Å². The molecule has 9 nitrogen and oxygen atoms in total. The molecule has 0 saturated heterocycles. The molecule has 1 heterocycles. The number of nitrogens with one attached hydrogen (secondary N) is 2. The number of ether oxygens (including phenoxy) is 2. The van der Waals surface area contributed by atoms with Gasteiger partial charge in [0.25, 0.3) is 5.69 Å². The van der Waals surface area contributed by atoms with Gasteiger partial charge < -0.3 is 20.1 Å². The van der Waals surface area contributed by atoms with E-state index in [-0.39, 0.29) is 26.1 Å². The summed E-state index contributed by atoms with van der Waals surface area (Å²) in [4.78, 5) is 33.9. The maximum Gasteiger partial charge on any atom is 0.418 e. The topological polar surface area (TPSA) is 120 Å². The van der Waals surface area contributed by atoms with Gasteiger partial charge in [0.15, 0.2) is 5.11 Å². The van der Waals surface area contributed by atoms with Gasteiger partial charge in [-0.25, -0.2) is 9.59 Å². The molecule has 0 unspecified atom stereocenters. The fourth-order valence-electron chi connectivity index (χ4n) is 2.48. The van der Waals surface area contributed by atoms with Crippen molar-refractivity contribution in [2.24, 2.45) is 0 Å². The number of non-ortho nitro benzene ring substituents is 1. The lowest BCUT2D eigenvalue weighted by Crippen LogP contribution is -2.22. The fraction of sp³-hybridized carbons (Fsp3) is 0.235. The molecule has 0 radical (unpaired) electrons. The lowest BCUT2D eigenvalue weighted by atomic mass is 10.1. The minimum atomic E-state index is -4.90. The normalized spacial score (nSPS) is 10.9. The van der Waals surface area contributed by atoms with Crippen molar-refractivity contribution < 1.29 is 37.2 Å². The average molecular weight is 477 g/mol. The molecule has 0 amide bonds. The minimum absolute atomic E-state index is 0.0396. The van der Waals surface area contributed by atoms with Crippen molar-refractivity contribution in [1.29, 1.82) is 0 Å². The van der Waals surface area contributed by atoms with E-state index in [1.165, 1.54) is 6.92 Å². The third kappa shape index (κ3) is 5.27. The number of nitro benzene ring substituents is 1. The predicted octanol–water partition coefficient (Wildman–Crippen LogP) is 4.37. The molecule has 0 fully saturated rings. The van der Waals surface area contributed by atoms with E-state index in [1.54, 1.807) is 0 Å². The van der Waals surface area contributed by atoms with Crippen molar-refractivity contribution >= 4 is 57.0 Å². The van der Waals surface area contributed by atoms with E-state index in [0.717, 1.165) is 37.7 Å². The second kappa shape index (κ2) is 9.26. The maximum absolute atomic E-state index is 13.3. The van der Waals surface area contributed by atoms with Gasteiger partial charge in [0.1, 0.15) is 9.88 Å². The molecule has 0 atom stereocenters. The predicted molar refractivity (Wildman–Crippen MR) is 110 cm³/mol. The van der Waals surface area contributed by atoms with E-state index in [1.807, 2.05) is 0 Å². The summed E-state index contributed by atoms with van der Waals surface area (Å²) in [5, 5.41) is 15.3. The number of thiophene rings is 1. The van der Waals surface area contributed by atoms with E-state index in [9.17, 15) is 32.9 Å². The summed E-state index contributed by atoms with van der Waals surface area (Å²) < 4.78 is 49.3. The first-order chi connectivity index (χ1) is 14.4. The van der Waals surface area contributed by atoms with Gasteiger partial charge in [-0.15, -0.1) is 11.3 Å². The zero-order chi connectivity index (χ0) is 23.5. The smallest absolute Gasteiger partial charge is 0.418 e. The van der Waals surface area contributed by atoms with Crippen LogP contribution in [-0.2, 0) is 15.7 Å². The molecule has 2 aromatic rings. The second-order valence-electron chi connectivity index (χ2n) is 5.81. The second-order valence-corrected chi connectivity index (χ2v) is 7.24. The van der Waals surface area contributed by atoms with E-state index in [4.69, 9.17) is 12.2 Å². The Morgan fingerprint density at radius 1 is 1.16 bits per heavy atom. The molecule has 0 saturated carbocycles. The van der Waals surface area contributed by atoms with Crippen LogP contribution in [0.2, 0.25) is 0 Å². The van der Waals surface area contributed by atoms with Crippen molar-refractivity contribution in [3.63, 3.8) is 0 Å². The Labute approximate surface area is 182 Å². The van der Waals surface area contributed by atoms with Crippen LogP contribution in [0.1, 0.15) is 31.2 Å². The van der Waals surface area contributed by atoms with Crippen LogP contribution in [0.3, 0.4) is 0 Å². The summed E-state index contributed by atoms with van der Waals surface area (Å²) >= 11 is 5.82. The number of halogens is 3. The Balaban J connectivity index is 2.40. The summed E-state index contributed by atoms with van der Waals surface area (Å²) in [6.07, 6.45) is -4.90. The number of anilines is 2. The van der Waals surface area contributed by atoms with Gasteiger partial charge >= 0.3 is 18.1 Å². The van der Waals surface area contributed by atoms with Crippen molar-refractivity contribution in [2.75, 3.05) is 24.9 Å². The molecule has 1 aromatic carbocycles. The summed E-state index contributed by atoms with van der Waals surface area (Å²) in [6.45, 7) is 1.47. The molecule has 0 bridgehead atoms. The SMILES string of the molecule is COC(=O)c1sc(NC(=S)Nc2ccc([N+](=O)[O-])cc2C(F)(F)F)c(C(=O)OC)c1C. The molecule has 31 heavy (non-hydrogen) atoms. The Hall–Kier alpha value is -3.26. The van der Waals surface area contributed by atoms with Crippen molar-refractivity contribution in [3.05, 3.63) is 49.9 Å². The Kier molecular flexibility index (Phi) is 7.17. The van der Waals surface area contributed by atoms with Crippen LogP contribution < -0.4 is 10.6 Å². The van der Waals surface area contributed by atoms with Gasteiger partial charge in [-0.1, -0.05) is 0 Å². The standard InChI is InChI=1S/C17H14F3N3O6S2/c1-7-11(14(24)28-2)13(31-12(7)15(25)29-3)22-16(30)21-10-5-4-8(23(26)27)6-9(10)17(18,19)20/h4-6H,1-3H3,(H2,21,22,30). The fourth-order valence-corrected chi connectivity index (χ4v) is 3.88. The number of carbonyl (C=O) groups excluding carboxylic acids is 2. The molecular weight excluding hydrogens is 463 g/mol. The number of nitrogens with zero attached hydrogens (tertiary/aromatic N) is 1. The van der Waals surface area contributed by atoms with E-state index in [2.05, 4.69) is 20.1 Å². The summed E-state index contributed by atoms with van der Waals surface area (Å²) in [5.74, 6) is -1.53. The van der Waals surface area contributed by atoms with Gasteiger partial charge in [-0.2, -0.15) is 13.2 Å². The zero-order valence-corrected chi connectivity index (χ0v) is 17.7. The highest BCUT2D eigenvalue weighted by Gasteiger charge is 2.35. The number of alkyl halides is 3. The number of benzene rings is 1. The largest absolute Gasteiger partial charge is 0.465 e. The molecule has 0 spiro atoms. The first-order valence-electron chi connectivity index (χ1n) is 8.14. The van der Waals surface area contributed by atoms with Crippen molar-refractivity contribution in [1.82, 2.24) is 0 Å². The molecule has 2 N–H and O–H groups in total. The number of esters is 2. The third-order valence-electron chi connectivity index (χ3n) is 3.90. The first-order valence-corrected chi connectivity index (χ1v) is 9.36. The highest BCUT2D eigenvalue weighted by atomic mass is 32.1. The summed E-state index contributed by atoms with van der Waals surface area (Å²) in [6, 6.07) is 2.11. The highest BCUT2D eigenvalue weighted by Crippen LogP contribution is 2.38. The van der Waals surface area contributed by atoms with E-state index >= 15 is 0 Å². The number of carbonyl (C=O) groups is 2. The molecule has 0 aliphatic carbocycles. The maximum atomic E-state index is 13.3. The molecule has 0 aliphatic heterocycles. The van der Waals surface area contributed by atoms with Gasteiger partial charge in [0.2, 0.25) is 0 Å². The molecule has 0 aliphatic rings. The number of rotatable bonds is 5. The van der Waals surface area contributed by atoms with Crippen LogP contribution in [0.15, 0.2) is 18.2 Å². The van der Waals surface area contributed by atoms with Gasteiger partial charge in [0, 0.05) is 12.1 Å². The third-order valence-corrected chi connectivity index (χ3v) is 5.29. The van der Waals surface area contributed by atoms with Crippen LogP contribution in [0.4, 0.5) is 29.5 Å². The highest BCUT2D eigenvalue weighted by molar-refractivity contribution is 7.80. The van der Waals surface area contributed by atoms with Gasteiger partial charge in [0.05, 0.1) is 36.0 Å². The number of hydrogen-bond acceptors (Lipinski definition) is 8. The van der Waals surface area contributed by atoms with Crippen molar-refractivity contribution in [2.45, 2.75) is 13.1 Å². The van der Waals surface area contributed by atoms with Crippen LogP contribution in [0.25, 0.3) is 0 Å². The Morgan fingerprint density at radius 2 is 1.77 bits per heavy atom. The first kappa shape index (κ1) is 24.0. The number of hydrogen-bond donors (Lipinski definition) is 2. The number of methoxy groups -OCH3 is 2. The molecular formula is C17H14F3N3O6S2. The van der Waals surface area contributed by atoms with Crippen LogP contribution in [0, 0.1) is 17.0 Å². The van der Waals surface area contributed by atoms with Gasteiger partial charge in [-0.3, -0.25) is 10.1 Å². The molecule has 14 heteroatoms. The van der Waals surface area contributed by atoms with Crippen LogP contribution in [0.5, 0.6) is 0 Å². The quantitative estimate of drug-likeness (QED) is 0.280. The van der Waals surface area contributed by atoms with E-state index < -0.39 is 40.0 Å². The monoisotopic (exact) mass is 477 g/mol. The Bertz CT molecular complexity index is 1070. The zero-order valence-electron chi connectivity index (χ0n) is 16.1. The Morgan fingerprint density at radius 3 is 2.29 bits per heavy atom. The molecule has 1 aromatic heterocycles. The molecule has 2 rings (SSSR count). The number of thiocarbonyl (C=S) groups is 1. The minimum Gasteiger partial charge on any atom is -0.465 e. The van der Waals surface area contributed by atoms with Gasteiger partial charge in [-0.05, 0) is 30.8 Å².